The molecule has 1 aliphatic heterocycles. The number of ether oxygens (including phenoxy) is 1. The average Bonchev–Trinajstić information content (AvgIpc) is 3.26. The van der Waals surface area contributed by atoms with Gasteiger partial charge in [0.25, 0.3) is 0 Å². The van der Waals surface area contributed by atoms with Gasteiger partial charge in [0.1, 0.15) is 0 Å². The van der Waals surface area contributed by atoms with Crippen molar-refractivity contribution in [2.45, 2.75) is 35.5 Å². The molecule has 0 radical (unpaired) electrons. The van der Waals surface area contributed by atoms with Gasteiger partial charge in [-0.25, -0.2) is 0 Å². The maximum Gasteiger partial charge on any atom is 0.305 e. The molecule has 0 amide bonds. The quantitative estimate of drug-likeness (QED) is 0.854. The van der Waals surface area contributed by atoms with Crippen LogP contribution in [0.4, 0.5) is 0 Å². The molecule has 0 saturated heterocycles. The van der Waals surface area contributed by atoms with Crippen LogP contribution in [0.1, 0.15) is 35.6 Å². The minimum absolute atomic E-state index is 0.0376. The highest BCUT2D eigenvalue weighted by atomic mass is 32.2. The van der Waals surface area contributed by atoms with Crippen LogP contribution in [0.25, 0.3) is 0 Å². The Hall–Kier alpha value is -1.40. The van der Waals surface area contributed by atoms with Crippen molar-refractivity contribution < 1.29 is 9.84 Å². The molecule has 2 fully saturated rings. The lowest BCUT2D eigenvalue weighted by Crippen LogP contribution is -2.33. The van der Waals surface area contributed by atoms with Crippen LogP contribution < -0.4 is 9.61 Å². The van der Waals surface area contributed by atoms with E-state index in [0.717, 1.165) is 22.4 Å². The van der Waals surface area contributed by atoms with Crippen molar-refractivity contribution in [3.8, 4) is 11.5 Å². The number of fused-ring (bicyclic) bond motifs is 6. The standard InChI is InChI=1S/C18H19NO3S2/c1-22-12-7-9(4-5-11(12)20)14-13-8-2-3-10(6-8)15(13)23-17-16(14)24-18(21)19-17/h4-5,7-8,10,13-15,20H,2-3,6H2,1H3,(H,19,21)/t8-,10-,13-,14-,15-/m0/s1. The summed E-state index contributed by atoms with van der Waals surface area (Å²) in [4.78, 5) is 16.3. The number of H-pyrrole nitrogens is 1. The maximum atomic E-state index is 12.0. The summed E-state index contributed by atoms with van der Waals surface area (Å²) in [5.41, 5.74) is 1.16. The fraction of sp³-hybridized carbons (Fsp3) is 0.500. The van der Waals surface area contributed by atoms with Crippen molar-refractivity contribution in [2.75, 3.05) is 7.11 Å². The topological polar surface area (TPSA) is 62.3 Å². The SMILES string of the molecule is COc1cc([C@@H]2c3sc(=O)[nH]c3S[C@H]3[C@H]4CC[C@@H](C4)[C@@H]23)ccc1O. The molecule has 1 aromatic heterocycles. The van der Waals surface area contributed by atoms with Crippen LogP contribution in [0, 0.1) is 17.8 Å². The fourth-order valence-corrected chi connectivity index (χ4v) is 8.00. The van der Waals surface area contributed by atoms with E-state index in [1.807, 2.05) is 23.9 Å². The van der Waals surface area contributed by atoms with Gasteiger partial charge in [0.15, 0.2) is 11.5 Å². The zero-order chi connectivity index (χ0) is 16.4. The first-order valence-electron chi connectivity index (χ1n) is 8.42. The van der Waals surface area contributed by atoms with Crippen molar-refractivity contribution in [3.05, 3.63) is 38.3 Å². The lowest BCUT2D eigenvalue weighted by molar-refractivity contribution is 0.306. The highest BCUT2D eigenvalue weighted by Gasteiger charge is 2.54. The van der Waals surface area contributed by atoms with Gasteiger partial charge in [0.2, 0.25) is 0 Å². The number of thioether (sulfide) groups is 1. The number of methoxy groups -OCH3 is 1. The monoisotopic (exact) mass is 361 g/mol. The summed E-state index contributed by atoms with van der Waals surface area (Å²) in [6, 6.07) is 5.66. The van der Waals surface area contributed by atoms with Crippen LogP contribution in [0.15, 0.2) is 28.0 Å². The zero-order valence-electron chi connectivity index (χ0n) is 13.3. The minimum atomic E-state index is 0.0376. The number of rotatable bonds is 2. The molecule has 2 bridgehead atoms. The molecule has 0 unspecified atom stereocenters. The maximum absolute atomic E-state index is 12.0. The van der Waals surface area contributed by atoms with Gasteiger partial charge < -0.3 is 14.8 Å². The average molecular weight is 361 g/mol. The molecule has 1 aromatic carbocycles. The smallest absolute Gasteiger partial charge is 0.305 e. The largest absolute Gasteiger partial charge is 0.504 e. The third-order valence-electron chi connectivity index (χ3n) is 6.03. The predicted molar refractivity (Wildman–Crippen MR) is 95.4 cm³/mol. The van der Waals surface area contributed by atoms with E-state index in [2.05, 4.69) is 4.98 Å². The molecular weight excluding hydrogens is 342 g/mol. The molecule has 126 valence electrons. The van der Waals surface area contributed by atoms with E-state index in [0.29, 0.717) is 16.9 Å². The second-order valence-corrected chi connectivity index (χ2v) is 9.31. The Morgan fingerprint density at radius 2 is 2.12 bits per heavy atom. The summed E-state index contributed by atoms with van der Waals surface area (Å²) in [7, 11) is 1.58. The Kier molecular flexibility index (Phi) is 3.29. The van der Waals surface area contributed by atoms with Gasteiger partial charge in [-0.15, -0.1) is 11.8 Å². The highest BCUT2D eigenvalue weighted by Crippen LogP contribution is 2.63. The first kappa shape index (κ1) is 14.9. The number of aromatic nitrogens is 1. The van der Waals surface area contributed by atoms with Gasteiger partial charge in [-0.1, -0.05) is 17.4 Å². The van der Waals surface area contributed by atoms with E-state index in [-0.39, 0.29) is 16.5 Å². The molecule has 2 N–H and O–H groups in total. The molecule has 2 aliphatic carbocycles. The molecule has 5 rings (SSSR count). The summed E-state index contributed by atoms with van der Waals surface area (Å²) in [6.07, 6.45) is 3.97. The zero-order valence-corrected chi connectivity index (χ0v) is 15.0. The number of hydrogen-bond donors (Lipinski definition) is 2. The van der Waals surface area contributed by atoms with Gasteiger partial charge in [-0.05, 0) is 54.7 Å². The first-order chi connectivity index (χ1) is 11.7. The molecular formula is C18H19NO3S2. The van der Waals surface area contributed by atoms with E-state index in [1.165, 1.54) is 35.5 Å². The van der Waals surface area contributed by atoms with Gasteiger partial charge >= 0.3 is 4.87 Å². The van der Waals surface area contributed by atoms with E-state index in [4.69, 9.17) is 4.74 Å². The van der Waals surface area contributed by atoms with Gasteiger partial charge in [0, 0.05) is 16.0 Å². The summed E-state index contributed by atoms with van der Waals surface area (Å²) in [5, 5.41) is 11.6. The number of nitrogens with one attached hydrogen (secondary N) is 1. The van der Waals surface area contributed by atoms with Crippen LogP contribution in [0.3, 0.4) is 0 Å². The number of aromatic amines is 1. The van der Waals surface area contributed by atoms with Crippen molar-refractivity contribution in [2.24, 2.45) is 17.8 Å². The molecule has 5 atom stereocenters. The van der Waals surface area contributed by atoms with Crippen LogP contribution in [-0.2, 0) is 0 Å². The Morgan fingerprint density at radius 1 is 1.29 bits per heavy atom. The first-order valence-corrected chi connectivity index (χ1v) is 10.1. The number of thiazole rings is 1. The highest BCUT2D eigenvalue weighted by molar-refractivity contribution is 8.00. The van der Waals surface area contributed by atoms with Gasteiger partial charge in [-0.2, -0.15) is 0 Å². The van der Waals surface area contributed by atoms with Crippen molar-refractivity contribution in [1.82, 2.24) is 4.98 Å². The van der Waals surface area contributed by atoms with E-state index in [9.17, 15) is 9.90 Å². The summed E-state index contributed by atoms with van der Waals surface area (Å²) < 4.78 is 5.32. The van der Waals surface area contributed by atoms with E-state index >= 15 is 0 Å². The lowest BCUT2D eigenvalue weighted by Gasteiger charge is -2.40. The van der Waals surface area contributed by atoms with Crippen molar-refractivity contribution in [3.63, 3.8) is 0 Å². The van der Waals surface area contributed by atoms with Crippen LogP contribution in [0.5, 0.6) is 11.5 Å². The second kappa shape index (κ2) is 5.30. The normalized spacial score (nSPS) is 33.3. The molecule has 24 heavy (non-hydrogen) atoms. The second-order valence-electron chi connectivity index (χ2n) is 7.11. The molecule has 2 heterocycles. The molecule has 3 aliphatic rings. The Morgan fingerprint density at radius 3 is 2.96 bits per heavy atom. The Labute approximate surface area is 148 Å². The number of phenolic OH excluding ortho intramolecular Hbond substituents is 1. The summed E-state index contributed by atoms with van der Waals surface area (Å²) in [6.45, 7) is 0. The van der Waals surface area contributed by atoms with Crippen LogP contribution >= 0.6 is 23.1 Å². The predicted octanol–water partition coefficient (Wildman–Crippen LogP) is 3.80. The van der Waals surface area contributed by atoms with Gasteiger partial charge in [0.05, 0.1) is 12.1 Å². The molecule has 2 aromatic rings. The van der Waals surface area contributed by atoms with Crippen LogP contribution in [-0.4, -0.2) is 22.5 Å². The summed E-state index contributed by atoms with van der Waals surface area (Å²) >= 11 is 3.25. The third-order valence-corrected chi connectivity index (χ3v) is 8.65. The fourth-order valence-electron chi connectivity index (χ4n) is 5.11. The minimum Gasteiger partial charge on any atom is -0.504 e. The summed E-state index contributed by atoms with van der Waals surface area (Å²) in [5.74, 6) is 3.03. The lowest BCUT2D eigenvalue weighted by atomic mass is 9.75. The third kappa shape index (κ3) is 2.02. The van der Waals surface area contributed by atoms with Gasteiger partial charge in [-0.3, -0.25) is 4.79 Å². The number of hydrogen-bond acceptors (Lipinski definition) is 5. The number of phenols is 1. The Balaban J connectivity index is 1.68. The van der Waals surface area contributed by atoms with E-state index < -0.39 is 0 Å². The Bertz CT molecular complexity index is 858. The van der Waals surface area contributed by atoms with Crippen molar-refractivity contribution in [1.29, 1.82) is 0 Å². The van der Waals surface area contributed by atoms with E-state index in [1.54, 1.807) is 13.2 Å². The molecule has 6 heteroatoms. The molecule has 4 nitrogen and oxygen atoms in total. The molecule has 0 spiro atoms. The molecule has 2 saturated carbocycles. The number of benzene rings is 1. The number of aromatic hydroxyl groups is 1. The van der Waals surface area contributed by atoms with Crippen molar-refractivity contribution >= 4 is 23.1 Å². The van der Waals surface area contributed by atoms with Crippen LogP contribution in [0.2, 0.25) is 0 Å².